The molecule has 1 aliphatic rings. The highest BCUT2D eigenvalue weighted by Crippen LogP contribution is 2.42. The number of halogens is 24. The number of carbonyl (C=O) groups is 1. The second kappa shape index (κ2) is 21.5. The summed E-state index contributed by atoms with van der Waals surface area (Å²) in [5.41, 5.74) is -28.3. The molecule has 0 bridgehead atoms. The van der Waals surface area contributed by atoms with Gasteiger partial charge in [-0.25, -0.2) is 4.98 Å². The van der Waals surface area contributed by atoms with Gasteiger partial charge in [-0.2, -0.15) is 132 Å². The molecule has 1 heterocycles. The minimum absolute atomic E-state index is 0.140. The molecule has 1 aromatic heterocycles. The number of ketones is 1. The highest BCUT2D eigenvalue weighted by atomic mass is 19.4. The lowest BCUT2D eigenvalue weighted by atomic mass is 9.12. The molecule has 7 rings (SSSR count). The van der Waals surface area contributed by atoms with Gasteiger partial charge in [0.2, 0.25) is 12.3 Å². The van der Waals surface area contributed by atoms with Crippen LogP contribution in [0.15, 0.2) is 122 Å². The molecule has 6 aromatic rings. The van der Waals surface area contributed by atoms with Crippen LogP contribution in [0, 0.1) is 0 Å². The van der Waals surface area contributed by atoms with E-state index < -0.39 is 195 Å². The Morgan fingerprint density at radius 1 is 0.423 bits per heavy atom. The van der Waals surface area contributed by atoms with E-state index in [4.69, 9.17) is 0 Å². The molecule has 0 spiro atoms. The summed E-state index contributed by atoms with van der Waals surface area (Å²) in [7, 11) is 0. The minimum Gasteiger partial charge on any atom is -0.287 e. The second-order valence-corrected chi connectivity index (χ2v) is 18.0. The topological polar surface area (TPSA) is 33.8 Å². The van der Waals surface area contributed by atoms with Gasteiger partial charge < -0.3 is 0 Å². The fourth-order valence-electron chi connectivity index (χ4n) is 9.11. The molecule has 0 radical (unpaired) electrons. The van der Waals surface area contributed by atoms with Crippen LogP contribution in [0.25, 0.3) is 0 Å². The minimum atomic E-state index is -6.13. The smallest absolute Gasteiger partial charge is 0.287 e. The quantitative estimate of drug-likeness (QED) is 0.0659. The van der Waals surface area contributed by atoms with Gasteiger partial charge in [-0.15, -0.1) is 0 Å². The molecular weight excluding hydrogens is 1110 g/mol. The van der Waals surface area contributed by atoms with Crippen LogP contribution in [-0.4, -0.2) is 16.9 Å². The van der Waals surface area contributed by atoms with Crippen LogP contribution in [0.5, 0.6) is 0 Å². The Kier molecular flexibility index (Phi) is 16.6. The third-order valence-electron chi connectivity index (χ3n) is 12.7. The molecular formula is C50H33BF24N2O. The van der Waals surface area contributed by atoms with Crippen molar-refractivity contribution in [3.8, 4) is 0 Å². The van der Waals surface area contributed by atoms with Crippen molar-refractivity contribution < 1.29 is 115 Å². The number of alkyl halides is 24. The average Bonchev–Trinajstić information content (AvgIpc) is 3.37. The summed E-state index contributed by atoms with van der Waals surface area (Å²) >= 11 is 0. The molecule has 420 valence electrons. The summed E-state index contributed by atoms with van der Waals surface area (Å²) in [6.07, 6.45) is -42.7. The van der Waals surface area contributed by atoms with Gasteiger partial charge in [-0.3, -0.25) is 4.79 Å². The molecule has 0 unspecified atom stereocenters. The first-order chi connectivity index (χ1) is 35.6. The lowest BCUT2D eigenvalue weighted by molar-refractivity contribution is -0.684. The van der Waals surface area contributed by atoms with E-state index in [2.05, 4.69) is 11.2 Å². The predicted octanol–water partition coefficient (Wildman–Crippen LogP) is 14.5. The summed E-state index contributed by atoms with van der Waals surface area (Å²) in [6.45, 7) is 0.381. The fourth-order valence-corrected chi connectivity index (χ4v) is 9.11. The molecule has 1 fully saturated rings. The van der Waals surface area contributed by atoms with E-state index >= 15 is 0 Å². The Hall–Kier alpha value is -6.77. The number of carbonyl (C=O) groups excluding carboxylic acids is 1. The zero-order valence-corrected chi connectivity index (χ0v) is 38.8. The van der Waals surface area contributed by atoms with Crippen molar-refractivity contribution in [2.75, 3.05) is 0 Å². The number of benzene rings is 5. The SMILES string of the molecule is FC(F)(F)c1cc([B-](c2cc(C(F)(F)F)cc(C(F)(F)F)c2)(c2cc(C(F)(F)F)cc(C(F)(F)F)c2)c2cc(C(F)(F)F)cc(C(F)(F)F)c2)cc(C(F)(F)F)c1.O=C(C[n+]1ccnc(C2CCCCC2)c1)c1ccccc1. The molecule has 78 heavy (non-hydrogen) atoms. The third kappa shape index (κ3) is 14.1. The van der Waals surface area contributed by atoms with Gasteiger partial charge in [0.15, 0.2) is 12.4 Å². The number of hydrogen-bond acceptors (Lipinski definition) is 2. The summed E-state index contributed by atoms with van der Waals surface area (Å²) in [5.74, 6) is 0.708. The number of aromatic nitrogens is 2. The van der Waals surface area contributed by atoms with Gasteiger partial charge in [-0.05, 0) is 37.1 Å². The predicted molar refractivity (Wildman–Crippen MR) is 231 cm³/mol. The summed E-state index contributed by atoms with van der Waals surface area (Å²) < 4.78 is 343. The van der Waals surface area contributed by atoms with E-state index in [0.29, 0.717) is 12.5 Å². The third-order valence-corrected chi connectivity index (χ3v) is 12.7. The first-order valence-electron chi connectivity index (χ1n) is 22.4. The fraction of sp³-hybridized carbons (Fsp3) is 0.300. The molecule has 3 nitrogen and oxygen atoms in total. The Labute approximate surface area is 424 Å². The molecule has 0 aliphatic heterocycles. The zero-order chi connectivity index (χ0) is 58.4. The highest BCUT2D eigenvalue weighted by Gasteiger charge is 2.47. The van der Waals surface area contributed by atoms with E-state index in [1.54, 1.807) is 0 Å². The van der Waals surface area contributed by atoms with Gasteiger partial charge in [0, 0.05) is 11.5 Å². The lowest BCUT2D eigenvalue weighted by Gasteiger charge is -2.46. The lowest BCUT2D eigenvalue weighted by Crippen LogP contribution is -2.75. The van der Waals surface area contributed by atoms with E-state index in [0.717, 1.165) is 11.3 Å². The Balaban J connectivity index is 0.000000387. The van der Waals surface area contributed by atoms with Crippen molar-refractivity contribution in [1.29, 1.82) is 0 Å². The monoisotopic (exact) mass is 1140 g/mol. The van der Waals surface area contributed by atoms with Crippen molar-refractivity contribution >= 4 is 33.8 Å². The molecule has 0 atom stereocenters. The first-order valence-corrected chi connectivity index (χ1v) is 22.4. The normalized spacial score (nSPS) is 14.7. The second-order valence-electron chi connectivity index (χ2n) is 18.0. The van der Waals surface area contributed by atoms with Crippen LogP contribution in [0.2, 0.25) is 0 Å². The van der Waals surface area contributed by atoms with Gasteiger partial charge in [0.05, 0.1) is 50.7 Å². The molecule has 1 saturated carbocycles. The van der Waals surface area contributed by atoms with E-state index in [-0.39, 0.29) is 5.78 Å². The van der Waals surface area contributed by atoms with Crippen LogP contribution < -0.4 is 26.4 Å². The number of Topliss-reactive ketones (excluding diaryl/α,β-unsaturated/α-hetero) is 1. The first kappa shape index (κ1) is 60.5. The van der Waals surface area contributed by atoms with Crippen LogP contribution >= 0.6 is 0 Å². The molecule has 28 heteroatoms. The van der Waals surface area contributed by atoms with Crippen molar-refractivity contribution in [3.05, 3.63) is 177 Å². The van der Waals surface area contributed by atoms with E-state index in [1.165, 1.54) is 32.1 Å². The van der Waals surface area contributed by atoms with E-state index in [1.807, 2.05) is 47.3 Å². The van der Waals surface area contributed by atoms with Crippen molar-refractivity contribution in [2.45, 2.75) is 94.0 Å². The standard InChI is InChI=1S/C32H12BF24.C18H21N2O/c34-25(35,36)13-1-14(26(37,38)39)6-21(5-13)33(22-7-15(27(40,41)42)2-16(8-22)28(43,44)45,23-9-17(29(46,47)48)3-18(10-23)30(49,50)51)24-11-19(31(52,53)54)4-20(12-24)32(55,56)57;21-18(16-9-5-2-6-10-16)14-20-12-11-19-17(13-20)15-7-3-1-4-8-15/h1-12H;2,5-6,9-13,15H,1,3-4,7-8,14H2/q-1;+1. The number of nitrogens with zero attached hydrogens (tertiary/aromatic N) is 2. The van der Waals surface area contributed by atoms with Crippen molar-refractivity contribution in [3.63, 3.8) is 0 Å². The number of rotatable bonds is 8. The molecule has 0 N–H and O–H groups in total. The van der Waals surface area contributed by atoms with Crippen LogP contribution in [-0.2, 0) is 56.0 Å². The van der Waals surface area contributed by atoms with Crippen molar-refractivity contribution in [1.82, 2.24) is 4.98 Å². The van der Waals surface area contributed by atoms with Gasteiger partial charge in [0.1, 0.15) is 11.8 Å². The van der Waals surface area contributed by atoms with Gasteiger partial charge in [0.25, 0.3) is 0 Å². The van der Waals surface area contributed by atoms with Gasteiger partial charge in [-0.1, -0.05) is 98.1 Å². The molecule has 5 aromatic carbocycles. The largest absolute Gasteiger partial charge is 0.416 e. The van der Waals surface area contributed by atoms with Crippen LogP contribution in [0.1, 0.15) is 98.6 Å². The van der Waals surface area contributed by atoms with Crippen LogP contribution in [0.4, 0.5) is 105 Å². The maximum Gasteiger partial charge on any atom is 0.416 e. The molecule has 1 aliphatic carbocycles. The summed E-state index contributed by atoms with van der Waals surface area (Å²) in [5, 5.41) is 0. The number of hydrogen-bond donors (Lipinski definition) is 0. The maximum absolute atomic E-state index is 14.2. The summed E-state index contributed by atoms with van der Waals surface area (Å²) in [4.78, 5) is 16.8. The van der Waals surface area contributed by atoms with Crippen molar-refractivity contribution in [2.24, 2.45) is 0 Å². The Morgan fingerprint density at radius 3 is 0.974 bits per heavy atom. The summed E-state index contributed by atoms with van der Waals surface area (Å²) in [6, 6.07) is 0.654. The molecule has 0 amide bonds. The zero-order valence-electron chi connectivity index (χ0n) is 38.8. The van der Waals surface area contributed by atoms with Crippen LogP contribution in [0.3, 0.4) is 0 Å². The Morgan fingerprint density at radius 2 is 0.705 bits per heavy atom. The average molecular weight is 1140 g/mol. The highest BCUT2D eigenvalue weighted by molar-refractivity contribution is 7.20. The molecule has 0 saturated heterocycles. The van der Waals surface area contributed by atoms with Gasteiger partial charge >= 0.3 is 49.4 Å². The maximum atomic E-state index is 14.2. The van der Waals surface area contributed by atoms with E-state index in [9.17, 15) is 110 Å². The Bertz CT molecular complexity index is 2670.